The third-order valence-corrected chi connectivity index (χ3v) is 3.05. The molecule has 1 aliphatic heterocycles. The number of H-pyrrole nitrogens is 1. The fourth-order valence-electron chi connectivity index (χ4n) is 1.93. The normalized spacial score (nSPS) is 22.3. The second kappa shape index (κ2) is 6.18. The van der Waals surface area contributed by atoms with E-state index < -0.39 is 0 Å². The monoisotopic (exact) mass is 303 g/mol. The number of aromatic nitrogens is 2. The number of nitrogens with zero attached hydrogens (tertiary/aromatic N) is 2. The van der Waals surface area contributed by atoms with Gasteiger partial charge in [0.05, 0.1) is 18.8 Å². The van der Waals surface area contributed by atoms with Crippen LogP contribution in [0.1, 0.15) is 11.9 Å². The standard InChI is InChI=1S/C11H15Cl2N5O/c12-9(14)5-7(10(13)15)18-3-4-19-8(6-18)11-16-1-2-17-11/h1-2,5,8H,3-4,6,14-15H2,(H,16,17)/b9-5-,10-7+. The van der Waals surface area contributed by atoms with Gasteiger partial charge in [-0.15, -0.1) is 0 Å². The Hall–Kier alpha value is -1.37. The number of rotatable bonds is 3. The van der Waals surface area contributed by atoms with Crippen LogP contribution in [0.15, 0.2) is 34.5 Å². The molecule has 0 radical (unpaired) electrons. The minimum Gasteiger partial charge on any atom is -0.389 e. The third kappa shape index (κ3) is 3.56. The molecule has 2 heterocycles. The molecule has 19 heavy (non-hydrogen) atoms. The first-order valence-electron chi connectivity index (χ1n) is 5.71. The predicted octanol–water partition coefficient (Wildman–Crippen LogP) is 1.19. The smallest absolute Gasteiger partial charge is 0.137 e. The van der Waals surface area contributed by atoms with E-state index in [0.29, 0.717) is 25.4 Å². The van der Waals surface area contributed by atoms with Crippen molar-refractivity contribution in [2.45, 2.75) is 6.10 Å². The summed E-state index contributed by atoms with van der Waals surface area (Å²) in [4.78, 5) is 9.18. The minimum absolute atomic E-state index is 0.125. The molecule has 0 bridgehead atoms. The van der Waals surface area contributed by atoms with Crippen LogP contribution < -0.4 is 11.5 Å². The lowest BCUT2D eigenvalue weighted by atomic mass is 10.2. The molecule has 1 aromatic heterocycles. The van der Waals surface area contributed by atoms with Crippen LogP contribution >= 0.6 is 23.2 Å². The number of nitrogens with two attached hydrogens (primary N) is 2. The maximum Gasteiger partial charge on any atom is 0.137 e. The van der Waals surface area contributed by atoms with E-state index in [1.807, 2.05) is 4.90 Å². The SMILES string of the molecule is N/C(Cl)=C(\C=C(/N)Cl)N1CCOC(c2ncc[nH]2)C1. The van der Waals surface area contributed by atoms with Crippen LogP contribution in [-0.2, 0) is 4.74 Å². The molecule has 1 atom stereocenters. The molecule has 1 aliphatic rings. The molecular formula is C11H15Cl2N5O. The second-order valence-electron chi connectivity index (χ2n) is 4.04. The van der Waals surface area contributed by atoms with E-state index in [1.165, 1.54) is 6.08 Å². The van der Waals surface area contributed by atoms with Gasteiger partial charge in [-0.2, -0.15) is 0 Å². The largest absolute Gasteiger partial charge is 0.389 e. The molecule has 0 saturated carbocycles. The number of hydrogen-bond donors (Lipinski definition) is 3. The zero-order chi connectivity index (χ0) is 13.8. The molecule has 2 rings (SSSR count). The molecule has 0 spiro atoms. The van der Waals surface area contributed by atoms with Gasteiger partial charge in [0.2, 0.25) is 0 Å². The lowest BCUT2D eigenvalue weighted by Crippen LogP contribution is -2.38. The van der Waals surface area contributed by atoms with Crippen molar-refractivity contribution in [2.24, 2.45) is 11.5 Å². The molecular weight excluding hydrogens is 289 g/mol. The van der Waals surface area contributed by atoms with Crippen molar-refractivity contribution in [1.82, 2.24) is 14.9 Å². The summed E-state index contributed by atoms with van der Waals surface area (Å²) in [7, 11) is 0. The molecule has 5 N–H and O–H groups in total. The third-order valence-electron chi connectivity index (χ3n) is 2.75. The van der Waals surface area contributed by atoms with Gasteiger partial charge >= 0.3 is 0 Å². The molecule has 0 aliphatic carbocycles. The zero-order valence-corrected chi connectivity index (χ0v) is 11.7. The van der Waals surface area contributed by atoms with E-state index in [1.54, 1.807) is 12.4 Å². The number of morpholine rings is 1. The maximum absolute atomic E-state index is 5.89. The summed E-state index contributed by atoms with van der Waals surface area (Å²) in [5, 5.41) is 0.267. The maximum atomic E-state index is 5.89. The number of aromatic amines is 1. The van der Waals surface area contributed by atoms with Gasteiger partial charge in [-0.05, 0) is 6.08 Å². The van der Waals surface area contributed by atoms with E-state index in [0.717, 1.165) is 5.82 Å². The minimum atomic E-state index is -0.167. The Morgan fingerprint density at radius 1 is 1.53 bits per heavy atom. The van der Waals surface area contributed by atoms with Gasteiger partial charge < -0.3 is 26.1 Å². The summed E-state index contributed by atoms with van der Waals surface area (Å²) >= 11 is 11.6. The Balaban J connectivity index is 2.16. The van der Waals surface area contributed by atoms with Gasteiger partial charge in [0.1, 0.15) is 22.2 Å². The van der Waals surface area contributed by atoms with Crippen LogP contribution in [0.4, 0.5) is 0 Å². The molecule has 8 heteroatoms. The first-order valence-corrected chi connectivity index (χ1v) is 6.47. The number of halogens is 2. The molecule has 1 saturated heterocycles. The fourth-order valence-corrected chi connectivity index (χ4v) is 2.21. The van der Waals surface area contributed by atoms with Crippen LogP contribution in [0.3, 0.4) is 0 Å². The molecule has 0 aromatic carbocycles. The van der Waals surface area contributed by atoms with Crippen molar-refractivity contribution < 1.29 is 4.74 Å². The number of imidazole rings is 1. The van der Waals surface area contributed by atoms with Crippen LogP contribution in [0, 0.1) is 0 Å². The van der Waals surface area contributed by atoms with Crippen molar-refractivity contribution in [3.8, 4) is 0 Å². The lowest BCUT2D eigenvalue weighted by molar-refractivity contribution is -0.0213. The molecule has 1 aromatic rings. The Kier molecular flexibility index (Phi) is 4.57. The fraction of sp³-hybridized carbons (Fsp3) is 0.364. The van der Waals surface area contributed by atoms with Gasteiger partial charge in [-0.3, -0.25) is 0 Å². The highest BCUT2D eigenvalue weighted by Crippen LogP contribution is 2.24. The highest BCUT2D eigenvalue weighted by atomic mass is 35.5. The first kappa shape index (κ1) is 14.0. The summed E-state index contributed by atoms with van der Waals surface area (Å²) in [6.07, 6.45) is 4.80. The predicted molar refractivity (Wildman–Crippen MR) is 74.0 cm³/mol. The lowest BCUT2D eigenvalue weighted by Gasteiger charge is -2.34. The zero-order valence-electron chi connectivity index (χ0n) is 10.1. The quantitative estimate of drug-likeness (QED) is 0.576. The number of ether oxygens (including phenoxy) is 1. The van der Waals surface area contributed by atoms with E-state index in [2.05, 4.69) is 9.97 Å². The molecule has 1 fully saturated rings. The average Bonchev–Trinajstić information content (AvgIpc) is 2.89. The van der Waals surface area contributed by atoms with Crippen LogP contribution in [-0.4, -0.2) is 34.6 Å². The van der Waals surface area contributed by atoms with Crippen LogP contribution in [0.5, 0.6) is 0 Å². The summed E-state index contributed by atoms with van der Waals surface area (Å²) < 4.78 is 5.66. The highest BCUT2D eigenvalue weighted by molar-refractivity contribution is 6.30. The first-order chi connectivity index (χ1) is 9.08. The van der Waals surface area contributed by atoms with Crippen molar-refractivity contribution in [1.29, 1.82) is 0 Å². The van der Waals surface area contributed by atoms with Gasteiger partial charge in [0, 0.05) is 18.9 Å². The van der Waals surface area contributed by atoms with Crippen LogP contribution in [0.25, 0.3) is 0 Å². The summed E-state index contributed by atoms with van der Waals surface area (Å²) in [5.74, 6) is 0.764. The summed E-state index contributed by atoms with van der Waals surface area (Å²) in [6, 6.07) is 0. The average molecular weight is 304 g/mol. The molecule has 104 valence electrons. The van der Waals surface area contributed by atoms with E-state index in [-0.39, 0.29) is 16.4 Å². The molecule has 1 unspecified atom stereocenters. The van der Waals surface area contributed by atoms with Crippen molar-refractivity contribution >= 4 is 23.2 Å². The van der Waals surface area contributed by atoms with Crippen molar-refractivity contribution in [3.63, 3.8) is 0 Å². The van der Waals surface area contributed by atoms with Gasteiger partial charge in [-0.1, -0.05) is 23.2 Å². The van der Waals surface area contributed by atoms with E-state index >= 15 is 0 Å². The van der Waals surface area contributed by atoms with Gasteiger partial charge in [-0.25, -0.2) is 4.98 Å². The summed E-state index contributed by atoms with van der Waals surface area (Å²) in [5.41, 5.74) is 11.7. The Bertz CT molecular complexity index is 477. The molecule has 6 nitrogen and oxygen atoms in total. The van der Waals surface area contributed by atoms with Gasteiger partial charge in [0.25, 0.3) is 0 Å². The topological polar surface area (TPSA) is 93.2 Å². The Morgan fingerprint density at radius 2 is 2.32 bits per heavy atom. The van der Waals surface area contributed by atoms with E-state index in [9.17, 15) is 0 Å². The molecule has 0 amide bonds. The van der Waals surface area contributed by atoms with Crippen LogP contribution in [0.2, 0.25) is 0 Å². The van der Waals surface area contributed by atoms with Crippen molar-refractivity contribution in [3.05, 3.63) is 40.3 Å². The van der Waals surface area contributed by atoms with Gasteiger partial charge in [0.15, 0.2) is 0 Å². The Morgan fingerprint density at radius 3 is 2.89 bits per heavy atom. The highest BCUT2D eigenvalue weighted by Gasteiger charge is 2.25. The second-order valence-corrected chi connectivity index (χ2v) is 4.89. The number of allylic oxidation sites excluding steroid dienone is 1. The number of nitrogens with one attached hydrogen (secondary N) is 1. The number of hydrogen-bond acceptors (Lipinski definition) is 5. The summed E-state index contributed by atoms with van der Waals surface area (Å²) in [6.45, 7) is 1.76. The van der Waals surface area contributed by atoms with E-state index in [4.69, 9.17) is 39.4 Å². The van der Waals surface area contributed by atoms with Crippen molar-refractivity contribution in [2.75, 3.05) is 19.7 Å². The Labute approximate surface area is 121 Å².